The molecule has 3 aromatic carbocycles. The first-order valence-corrected chi connectivity index (χ1v) is 11.8. The monoisotopic (exact) mass is 453 g/mol. The summed E-state index contributed by atoms with van der Waals surface area (Å²) in [6.45, 7) is 4.36. The maximum absolute atomic E-state index is 13.9. The first kappa shape index (κ1) is 21.1. The number of para-hydroxylation sites is 2. The molecule has 7 rings (SSSR count). The van der Waals surface area contributed by atoms with Crippen LogP contribution in [0, 0.1) is 17.0 Å². The Morgan fingerprint density at radius 2 is 1.44 bits per heavy atom. The van der Waals surface area contributed by atoms with E-state index in [1.54, 1.807) is 12.1 Å². The molecule has 4 aliphatic rings. The van der Waals surface area contributed by atoms with Gasteiger partial charge >= 0.3 is 0 Å². The average molecular weight is 454 g/mol. The summed E-state index contributed by atoms with van der Waals surface area (Å²) in [5.41, 5.74) is 5.69. The Bertz CT molecular complexity index is 1330. The molecule has 6 nitrogen and oxygen atoms in total. The summed E-state index contributed by atoms with van der Waals surface area (Å²) in [4.78, 5) is 28.9. The fourth-order valence-corrected chi connectivity index (χ4v) is 6.34. The second-order valence-corrected chi connectivity index (χ2v) is 9.61. The molecular formula is C28H25N2O4-. The predicted octanol–water partition coefficient (Wildman–Crippen LogP) is 5.29. The average Bonchev–Trinajstić information content (AvgIpc) is 3.13. The lowest BCUT2D eigenvalue weighted by molar-refractivity contribution is -0.122. The third kappa shape index (κ3) is 2.70. The summed E-state index contributed by atoms with van der Waals surface area (Å²) in [5, 5.41) is 21.1. The highest BCUT2D eigenvalue weighted by Crippen LogP contribution is 2.61. The van der Waals surface area contributed by atoms with Crippen molar-refractivity contribution in [1.82, 2.24) is 0 Å². The Kier molecular flexibility index (Phi) is 4.66. The van der Waals surface area contributed by atoms with Crippen LogP contribution in [0.1, 0.15) is 65.8 Å². The Hall–Kier alpha value is -3.48. The molecule has 0 spiro atoms. The number of anilines is 2. The van der Waals surface area contributed by atoms with Gasteiger partial charge in [0, 0.05) is 11.8 Å². The van der Waals surface area contributed by atoms with Crippen LogP contribution in [0.2, 0.25) is 0 Å². The van der Waals surface area contributed by atoms with Crippen molar-refractivity contribution in [3.63, 3.8) is 0 Å². The molecule has 0 aromatic heterocycles. The van der Waals surface area contributed by atoms with Crippen molar-refractivity contribution in [2.24, 2.45) is 11.8 Å². The quantitative estimate of drug-likeness (QED) is 0.429. The van der Waals surface area contributed by atoms with E-state index in [0.717, 1.165) is 33.6 Å². The smallest absolute Gasteiger partial charge is 0.238 e. The number of hydrogen-bond donors (Lipinski definition) is 1. The fraction of sp³-hybridized carbons (Fsp3) is 0.286. The van der Waals surface area contributed by atoms with Crippen molar-refractivity contribution >= 4 is 23.2 Å². The topological polar surface area (TPSA) is 83.9 Å². The molecule has 1 N–H and O–H groups in total. The number of benzene rings is 3. The second-order valence-electron chi connectivity index (χ2n) is 9.61. The number of hydrogen-bond acceptors (Lipinski definition) is 5. The van der Waals surface area contributed by atoms with Gasteiger partial charge in [0.1, 0.15) is 0 Å². The molecule has 1 fully saturated rings. The molecule has 3 aliphatic carbocycles. The highest BCUT2D eigenvalue weighted by Gasteiger charge is 2.62. The molecule has 1 heterocycles. The van der Waals surface area contributed by atoms with Crippen LogP contribution in [0.25, 0.3) is 0 Å². The van der Waals surface area contributed by atoms with E-state index in [0.29, 0.717) is 5.92 Å². The molecule has 6 heteroatoms. The molecule has 0 radical (unpaired) electrons. The van der Waals surface area contributed by atoms with Crippen LogP contribution in [0.4, 0.5) is 11.4 Å². The van der Waals surface area contributed by atoms with Gasteiger partial charge in [-0.2, -0.15) is 0 Å². The number of nitrogens with zero attached hydrogens (tertiary/aromatic N) is 2. The second kappa shape index (κ2) is 7.52. The summed E-state index contributed by atoms with van der Waals surface area (Å²) in [6, 6.07) is 20.8. The lowest BCUT2D eigenvalue weighted by Gasteiger charge is -2.46. The van der Waals surface area contributed by atoms with Gasteiger partial charge in [0.15, 0.2) is 0 Å². The van der Waals surface area contributed by atoms with E-state index in [4.69, 9.17) is 0 Å². The zero-order valence-corrected chi connectivity index (χ0v) is 19.0. The Morgan fingerprint density at radius 1 is 0.882 bits per heavy atom. The highest BCUT2D eigenvalue weighted by atomic mass is 16.8. The minimum atomic E-state index is -0.543. The SMILES string of the molecule is CCC(C)c1ccc2c(c1)C1c3ccccc3C2C2C(=O)N(c3ccccc3N([O-])O)C(=O)C12. The van der Waals surface area contributed by atoms with Gasteiger partial charge in [0.05, 0.1) is 23.2 Å². The molecular weight excluding hydrogens is 428 g/mol. The maximum atomic E-state index is 13.9. The summed E-state index contributed by atoms with van der Waals surface area (Å²) in [5.74, 6) is -1.76. The number of imide groups is 1. The van der Waals surface area contributed by atoms with Gasteiger partial charge in [-0.15, -0.1) is 0 Å². The van der Waals surface area contributed by atoms with Gasteiger partial charge in [-0.05, 0) is 52.3 Å². The minimum Gasteiger partial charge on any atom is -0.733 e. The molecule has 1 saturated heterocycles. The third-order valence-electron chi connectivity index (χ3n) is 8.07. The van der Waals surface area contributed by atoms with Crippen LogP contribution in [-0.2, 0) is 9.59 Å². The minimum absolute atomic E-state index is 0.121. The molecule has 1 aliphatic heterocycles. The molecule has 172 valence electrons. The Labute approximate surface area is 198 Å². The van der Waals surface area contributed by atoms with Crippen LogP contribution < -0.4 is 10.1 Å². The van der Waals surface area contributed by atoms with Gasteiger partial charge in [-0.3, -0.25) is 14.8 Å². The highest BCUT2D eigenvalue weighted by molar-refractivity contribution is 6.24. The lowest BCUT2D eigenvalue weighted by atomic mass is 9.54. The molecule has 5 unspecified atom stereocenters. The standard InChI is InChI=1S/C28H25N2O4/c1-3-15(2)16-12-13-19-20(14-16)24-18-9-5-4-8-17(18)23(19)25-26(24)28(32)29(27(25)31)21-10-6-7-11-22(21)30(33)34/h4-15,23-26,33H,3H2,1-2H3/q-1. The van der Waals surface area contributed by atoms with Crippen LogP contribution >= 0.6 is 0 Å². The van der Waals surface area contributed by atoms with Crippen molar-refractivity contribution in [2.45, 2.75) is 38.0 Å². The van der Waals surface area contributed by atoms with Gasteiger partial charge in [-0.25, -0.2) is 4.90 Å². The summed E-state index contributed by atoms with van der Waals surface area (Å²) in [6.07, 6.45) is 1.02. The third-order valence-corrected chi connectivity index (χ3v) is 8.07. The normalized spacial score (nSPS) is 25.1. The van der Waals surface area contributed by atoms with E-state index in [1.807, 2.05) is 12.1 Å². The molecule has 5 atom stereocenters. The first-order valence-electron chi connectivity index (χ1n) is 11.8. The van der Waals surface area contributed by atoms with Crippen LogP contribution in [-0.4, -0.2) is 17.0 Å². The van der Waals surface area contributed by atoms with E-state index < -0.39 is 11.8 Å². The Balaban J connectivity index is 1.55. The van der Waals surface area contributed by atoms with E-state index >= 15 is 0 Å². The van der Waals surface area contributed by atoms with Crippen molar-refractivity contribution < 1.29 is 14.8 Å². The summed E-state index contributed by atoms with van der Waals surface area (Å²) >= 11 is 0. The lowest BCUT2D eigenvalue weighted by Crippen LogP contribution is -2.41. The fourth-order valence-electron chi connectivity index (χ4n) is 6.34. The summed E-state index contributed by atoms with van der Waals surface area (Å²) < 4.78 is 0. The molecule has 34 heavy (non-hydrogen) atoms. The van der Waals surface area contributed by atoms with Crippen LogP contribution in [0.15, 0.2) is 66.7 Å². The largest absolute Gasteiger partial charge is 0.733 e. The van der Waals surface area contributed by atoms with Gasteiger partial charge in [-0.1, -0.05) is 68.4 Å². The number of carbonyl (C=O) groups is 2. The van der Waals surface area contributed by atoms with Gasteiger partial charge < -0.3 is 10.4 Å². The molecule has 2 amide bonds. The number of carbonyl (C=O) groups excluding carboxylic acids is 2. The maximum Gasteiger partial charge on any atom is 0.238 e. The zero-order valence-electron chi connectivity index (χ0n) is 19.0. The van der Waals surface area contributed by atoms with E-state index in [9.17, 15) is 20.0 Å². The summed E-state index contributed by atoms with van der Waals surface area (Å²) in [7, 11) is 0. The molecule has 0 saturated carbocycles. The molecule has 2 bridgehead atoms. The zero-order chi connectivity index (χ0) is 23.7. The number of amides is 2. The van der Waals surface area contributed by atoms with Gasteiger partial charge in [0.2, 0.25) is 11.8 Å². The van der Waals surface area contributed by atoms with Crippen LogP contribution in [0.5, 0.6) is 0 Å². The van der Waals surface area contributed by atoms with E-state index in [1.165, 1.54) is 17.7 Å². The molecule has 3 aromatic rings. The van der Waals surface area contributed by atoms with Gasteiger partial charge in [0.25, 0.3) is 0 Å². The number of rotatable bonds is 4. The predicted molar refractivity (Wildman–Crippen MR) is 129 cm³/mol. The van der Waals surface area contributed by atoms with Crippen LogP contribution in [0.3, 0.4) is 0 Å². The van der Waals surface area contributed by atoms with E-state index in [2.05, 4.69) is 44.2 Å². The first-order chi connectivity index (χ1) is 16.4. The Morgan fingerprint density at radius 3 is 2.06 bits per heavy atom. The van der Waals surface area contributed by atoms with Crippen molar-refractivity contribution in [1.29, 1.82) is 0 Å². The van der Waals surface area contributed by atoms with Crippen molar-refractivity contribution in [2.75, 3.05) is 10.1 Å². The van der Waals surface area contributed by atoms with E-state index in [-0.39, 0.29) is 40.3 Å². The van der Waals surface area contributed by atoms with Crippen molar-refractivity contribution in [3.05, 3.63) is 99.8 Å². The van der Waals surface area contributed by atoms with Crippen molar-refractivity contribution in [3.8, 4) is 0 Å².